The molecule has 0 saturated carbocycles. The molecule has 0 radical (unpaired) electrons. The second kappa shape index (κ2) is 14.9. The molecule has 4 aromatic rings. The highest BCUT2D eigenvalue weighted by molar-refractivity contribution is 5.34. The summed E-state index contributed by atoms with van der Waals surface area (Å²) in [6.45, 7) is 1.43. The van der Waals surface area contributed by atoms with Crippen LogP contribution in [0.5, 0.6) is 5.75 Å². The average Bonchev–Trinajstić information content (AvgIpc) is 3.03. The molecule has 5 atom stereocenters. The summed E-state index contributed by atoms with van der Waals surface area (Å²) in [6.07, 6.45) is -2.69. The van der Waals surface area contributed by atoms with E-state index in [1.165, 1.54) is 0 Å². The van der Waals surface area contributed by atoms with E-state index < -0.39 is 30.5 Å². The Bertz CT molecular complexity index is 1300. The van der Waals surface area contributed by atoms with Crippen molar-refractivity contribution in [1.82, 2.24) is 0 Å². The minimum atomic E-state index is -0.935. The predicted molar refractivity (Wildman–Crippen MR) is 158 cm³/mol. The van der Waals surface area contributed by atoms with Gasteiger partial charge < -0.3 is 28.8 Å². The number of hydrogen-bond donors (Lipinski definition) is 1. The topological polar surface area (TPSA) is 66.4 Å². The van der Waals surface area contributed by atoms with Crippen LogP contribution in [0, 0.1) is 0 Å². The summed E-state index contributed by atoms with van der Waals surface area (Å²) in [5, 5.41) is 11.7. The molecule has 0 amide bonds. The molecule has 0 aliphatic carbocycles. The van der Waals surface area contributed by atoms with E-state index in [9.17, 15) is 5.11 Å². The van der Waals surface area contributed by atoms with Crippen LogP contribution in [-0.4, -0.2) is 49.3 Å². The second-order valence-electron chi connectivity index (χ2n) is 10.2. The van der Waals surface area contributed by atoms with Crippen molar-refractivity contribution in [2.75, 3.05) is 13.7 Å². The first-order valence-corrected chi connectivity index (χ1v) is 14.1. The molecule has 1 N–H and O–H groups in total. The SMILES string of the molecule is COc1ccccc1C[C@@H]1O[C@H](COCc2ccccc2)[C@@H](OCc2ccccc2)[C@H](OCc2ccccc2)[C@H]1O. The Morgan fingerprint density at radius 3 is 1.71 bits per heavy atom. The highest BCUT2D eigenvalue weighted by Crippen LogP contribution is 2.31. The lowest BCUT2D eigenvalue weighted by Crippen LogP contribution is -2.60. The van der Waals surface area contributed by atoms with Gasteiger partial charge in [0, 0.05) is 6.42 Å². The van der Waals surface area contributed by atoms with E-state index in [0.29, 0.717) is 26.2 Å². The van der Waals surface area contributed by atoms with Crippen molar-refractivity contribution in [1.29, 1.82) is 0 Å². The number of aliphatic hydroxyl groups excluding tert-OH is 1. The molecule has 6 heteroatoms. The van der Waals surface area contributed by atoms with Crippen LogP contribution < -0.4 is 4.74 Å². The fraction of sp³-hybridized carbons (Fsp3) is 0.314. The molecule has 41 heavy (non-hydrogen) atoms. The van der Waals surface area contributed by atoms with Gasteiger partial charge in [0.15, 0.2) is 0 Å². The molecular formula is C35H38O6. The Labute approximate surface area is 242 Å². The molecule has 1 aliphatic heterocycles. The zero-order valence-corrected chi connectivity index (χ0v) is 23.4. The minimum Gasteiger partial charge on any atom is -0.496 e. The second-order valence-corrected chi connectivity index (χ2v) is 10.2. The van der Waals surface area contributed by atoms with Gasteiger partial charge in [0.25, 0.3) is 0 Å². The van der Waals surface area contributed by atoms with Crippen molar-refractivity contribution in [2.45, 2.75) is 56.8 Å². The normalized spacial score (nSPS) is 22.3. The quantitative estimate of drug-likeness (QED) is 0.227. The first-order valence-electron chi connectivity index (χ1n) is 14.1. The zero-order valence-electron chi connectivity index (χ0n) is 23.4. The van der Waals surface area contributed by atoms with E-state index in [4.69, 9.17) is 23.7 Å². The molecule has 0 bridgehead atoms. The van der Waals surface area contributed by atoms with Crippen molar-refractivity contribution in [3.05, 3.63) is 138 Å². The van der Waals surface area contributed by atoms with E-state index >= 15 is 0 Å². The third kappa shape index (κ3) is 8.03. The Kier molecular flexibility index (Phi) is 10.5. The molecule has 0 aromatic heterocycles. The average molecular weight is 555 g/mol. The molecule has 4 aromatic carbocycles. The lowest BCUT2D eigenvalue weighted by atomic mass is 9.90. The van der Waals surface area contributed by atoms with Crippen molar-refractivity contribution in [2.24, 2.45) is 0 Å². The Morgan fingerprint density at radius 1 is 0.610 bits per heavy atom. The molecule has 1 heterocycles. The van der Waals surface area contributed by atoms with E-state index in [1.54, 1.807) is 7.11 Å². The smallest absolute Gasteiger partial charge is 0.122 e. The standard InChI is InChI=1S/C35H38O6/c1-37-30-20-12-11-19-29(30)21-31-33(36)35(40-24-28-17-9-4-10-18-28)34(39-23-27-15-7-3-8-16-27)32(41-31)25-38-22-26-13-5-2-6-14-26/h2-20,31-36H,21-25H2,1H3/t31-,32+,33-,34+,35+/m0/s1. The van der Waals surface area contributed by atoms with Gasteiger partial charge >= 0.3 is 0 Å². The molecule has 1 aliphatic rings. The number of hydrogen-bond acceptors (Lipinski definition) is 6. The Hall–Kier alpha value is -3.52. The van der Waals surface area contributed by atoms with Gasteiger partial charge in [0.05, 0.1) is 39.6 Å². The molecule has 0 spiro atoms. The van der Waals surface area contributed by atoms with Crippen LogP contribution in [-0.2, 0) is 45.2 Å². The lowest BCUT2D eigenvalue weighted by molar-refractivity contribution is -0.260. The number of para-hydroxylation sites is 1. The maximum atomic E-state index is 11.7. The number of benzene rings is 4. The first kappa shape index (κ1) is 29.0. The highest BCUT2D eigenvalue weighted by atomic mass is 16.6. The van der Waals surface area contributed by atoms with Crippen LogP contribution >= 0.6 is 0 Å². The van der Waals surface area contributed by atoms with Crippen LogP contribution in [0.1, 0.15) is 22.3 Å². The van der Waals surface area contributed by atoms with E-state index in [0.717, 1.165) is 28.0 Å². The maximum Gasteiger partial charge on any atom is 0.122 e. The molecule has 0 unspecified atom stereocenters. The van der Waals surface area contributed by atoms with Crippen LogP contribution in [0.3, 0.4) is 0 Å². The van der Waals surface area contributed by atoms with Gasteiger partial charge in [-0.3, -0.25) is 0 Å². The van der Waals surface area contributed by atoms with Gasteiger partial charge in [-0.25, -0.2) is 0 Å². The summed E-state index contributed by atoms with van der Waals surface area (Å²) >= 11 is 0. The van der Waals surface area contributed by atoms with Crippen molar-refractivity contribution in [3.8, 4) is 5.75 Å². The van der Waals surface area contributed by atoms with E-state index in [2.05, 4.69) is 0 Å². The fourth-order valence-corrected chi connectivity index (χ4v) is 5.19. The minimum absolute atomic E-state index is 0.286. The monoisotopic (exact) mass is 554 g/mol. The molecule has 214 valence electrons. The number of aliphatic hydroxyl groups is 1. The predicted octanol–water partition coefficient (Wildman–Crippen LogP) is 5.75. The zero-order chi connectivity index (χ0) is 28.3. The molecule has 1 fully saturated rings. The lowest BCUT2D eigenvalue weighted by Gasteiger charge is -2.44. The largest absolute Gasteiger partial charge is 0.496 e. The van der Waals surface area contributed by atoms with Crippen LogP contribution in [0.15, 0.2) is 115 Å². The van der Waals surface area contributed by atoms with Crippen LogP contribution in [0.25, 0.3) is 0 Å². The van der Waals surface area contributed by atoms with Gasteiger partial charge in [-0.1, -0.05) is 109 Å². The Morgan fingerprint density at radius 2 is 1.12 bits per heavy atom. The van der Waals surface area contributed by atoms with Gasteiger partial charge in [0.1, 0.15) is 30.2 Å². The summed E-state index contributed by atoms with van der Waals surface area (Å²) in [5.41, 5.74) is 4.08. The molecule has 6 nitrogen and oxygen atoms in total. The first-order chi connectivity index (χ1) is 20.2. The number of rotatable bonds is 13. The Balaban J connectivity index is 1.39. The number of ether oxygens (including phenoxy) is 5. The van der Waals surface area contributed by atoms with Crippen LogP contribution in [0.2, 0.25) is 0 Å². The van der Waals surface area contributed by atoms with Gasteiger partial charge in [0.2, 0.25) is 0 Å². The molecular weight excluding hydrogens is 516 g/mol. The third-order valence-electron chi connectivity index (χ3n) is 7.34. The molecule has 5 rings (SSSR count). The van der Waals surface area contributed by atoms with Crippen molar-refractivity contribution in [3.63, 3.8) is 0 Å². The van der Waals surface area contributed by atoms with Crippen molar-refractivity contribution < 1.29 is 28.8 Å². The summed E-state index contributed by atoms with van der Waals surface area (Å²) in [4.78, 5) is 0. The van der Waals surface area contributed by atoms with Crippen molar-refractivity contribution >= 4 is 0 Å². The molecule has 1 saturated heterocycles. The maximum absolute atomic E-state index is 11.7. The van der Waals surface area contributed by atoms with Gasteiger partial charge in [-0.2, -0.15) is 0 Å². The highest BCUT2D eigenvalue weighted by Gasteiger charge is 2.47. The summed E-state index contributed by atoms with van der Waals surface area (Å²) in [6, 6.07) is 37.8. The summed E-state index contributed by atoms with van der Waals surface area (Å²) in [7, 11) is 1.65. The third-order valence-corrected chi connectivity index (χ3v) is 7.34. The number of methoxy groups -OCH3 is 1. The van der Waals surface area contributed by atoms with Gasteiger partial charge in [-0.15, -0.1) is 0 Å². The summed E-state index contributed by atoms with van der Waals surface area (Å²) in [5.74, 6) is 0.754. The van der Waals surface area contributed by atoms with Gasteiger partial charge in [-0.05, 0) is 28.3 Å². The van der Waals surface area contributed by atoms with E-state index in [-0.39, 0.29) is 6.61 Å². The van der Waals surface area contributed by atoms with E-state index in [1.807, 2.05) is 115 Å². The van der Waals surface area contributed by atoms with Crippen LogP contribution in [0.4, 0.5) is 0 Å². The fourth-order valence-electron chi connectivity index (χ4n) is 5.19. The summed E-state index contributed by atoms with van der Waals surface area (Å²) < 4.78 is 31.3.